The van der Waals surface area contributed by atoms with Gasteiger partial charge in [-0.1, -0.05) is 30.3 Å². The van der Waals surface area contributed by atoms with Crippen molar-refractivity contribution in [2.24, 2.45) is 0 Å². The van der Waals surface area contributed by atoms with Crippen LogP contribution in [0.4, 0.5) is 0 Å². The molecule has 1 aromatic carbocycles. The van der Waals surface area contributed by atoms with Crippen molar-refractivity contribution in [3.8, 4) is 0 Å². The fourth-order valence-electron chi connectivity index (χ4n) is 2.11. The molecule has 5 nitrogen and oxygen atoms in total. The van der Waals surface area contributed by atoms with Crippen LogP contribution in [0.3, 0.4) is 0 Å². The Morgan fingerprint density at radius 2 is 2.00 bits per heavy atom. The number of carboxylic acid groups (broad SMARTS) is 1. The van der Waals surface area contributed by atoms with E-state index >= 15 is 0 Å². The first kappa shape index (κ1) is 13.3. The van der Waals surface area contributed by atoms with Gasteiger partial charge in [0.05, 0.1) is 6.61 Å². The van der Waals surface area contributed by atoms with Crippen LogP contribution in [0.1, 0.15) is 12.0 Å². The fraction of sp³-hybridized carbons (Fsp3) is 0.286. The van der Waals surface area contributed by atoms with Gasteiger partial charge in [0.25, 0.3) is 0 Å². The first-order valence-corrected chi connectivity index (χ1v) is 6.06. The van der Waals surface area contributed by atoms with Gasteiger partial charge in [-0.2, -0.15) is 5.10 Å². The van der Waals surface area contributed by atoms with Crippen LogP contribution >= 0.6 is 0 Å². The molecular formula is C14H16N2O3. The molecule has 1 heterocycles. The number of benzene rings is 1. The average molecular weight is 260 g/mol. The van der Waals surface area contributed by atoms with Gasteiger partial charge in [-0.15, -0.1) is 0 Å². The zero-order chi connectivity index (χ0) is 13.7. The number of aryl methyl sites for hydroxylation is 1. The van der Waals surface area contributed by atoms with Gasteiger partial charge in [0.1, 0.15) is 5.41 Å². The van der Waals surface area contributed by atoms with Gasteiger partial charge in [-0.3, -0.25) is 9.48 Å². The van der Waals surface area contributed by atoms with E-state index in [0.29, 0.717) is 12.1 Å². The molecule has 2 rings (SSSR count). The summed E-state index contributed by atoms with van der Waals surface area (Å²) in [6, 6.07) is 10.6. The highest BCUT2D eigenvalue weighted by Crippen LogP contribution is 2.28. The molecule has 0 spiro atoms. The molecule has 1 aromatic heterocycles. The van der Waals surface area contributed by atoms with Gasteiger partial charge in [-0.05, 0) is 18.1 Å². The van der Waals surface area contributed by atoms with E-state index in [9.17, 15) is 15.0 Å². The molecule has 0 aliphatic heterocycles. The Bertz CT molecular complexity index is 525. The summed E-state index contributed by atoms with van der Waals surface area (Å²) in [6.45, 7) is 0.00235. The summed E-state index contributed by atoms with van der Waals surface area (Å²) in [7, 11) is 0. The molecule has 0 fully saturated rings. The minimum atomic E-state index is -1.28. The SMILES string of the molecule is O=C(O)C(CO)(CCn1cccn1)c1ccccc1. The Morgan fingerprint density at radius 1 is 1.26 bits per heavy atom. The van der Waals surface area contributed by atoms with Crippen LogP contribution in [0.15, 0.2) is 48.8 Å². The highest BCUT2D eigenvalue weighted by atomic mass is 16.4. The van der Waals surface area contributed by atoms with Gasteiger partial charge >= 0.3 is 5.97 Å². The van der Waals surface area contributed by atoms with Crippen molar-refractivity contribution in [3.63, 3.8) is 0 Å². The average Bonchev–Trinajstić information content (AvgIpc) is 2.94. The number of hydrogen-bond acceptors (Lipinski definition) is 3. The maximum absolute atomic E-state index is 11.6. The molecule has 1 unspecified atom stereocenters. The van der Waals surface area contributed by atoms with Crippen LogP contribution in [0.25, 0.3) is 0 Å². The van der Waals surface area contributed by atoms with Crippen LogP contribution in [0, 0.1) is 0 Å². The van der Waals surface area contributed by atoms with E-state index in [1.54, 1.807) is 47.4 Å². The van der Waals surface area contributed by atoms with Crippen molar-refractivity contribution in [3.05, 3.63) is 54.4 Å². The maximum Gasteiger partial charge on any atom is 0.316 e. The van der Waals surface area contributed by atoms with E-state index in [4.69, 9.17) is 0 Å². The lowest BCUT2D eigenvalue weighted by Crippen LogP contribution is -2.40. The number of rotatable bonds is 6. The molecule has 2 N–H and O–H groups in total. The van der Waals surface area contributed by atoms with Crippen molar-refractivity contribution >= 4 is 5.97 Å². The van der Waals surface area contributed by atoms with E-state index in [2.05, 4.69) is 5.10 Å². The lowest BCUT2D eigenvalue weighted by atomic mass is 9.78. The third-order valence-corrected chi connectivity index (χ3v) is 3.33. The summed E-state index contributed by atoms with van der Waals surface area (Å²) in [4.78, 5) is 11.6. The summed E-state index contributed by atoms with van der Waals surface area (Å²) in [6.07, 6.45) is 3.70. The Balaban J connectivity index is 2.27. The molecule has 0 amide bonds. The highest BCUT2D eigenvalue weighted by molar-refractivity contribution is 5.81. The van der Waals surface area contributed by atoms with E-state index in [-0.39, 0.29) is 6.42 Å². The van der Waals surface area contributed by atoms with E-state index < -0.39 is 18.0 Å². The number of aliphatic carboxylic acids is 1. The van der Waals surface area contributed by atoms with Crippen molar-refractivity contribution < 1.29 is 15.0 Å². The first-order chi connectivity index (χ1) is 9.19. The Morgan fingerprint density at radius 3 is 2.53 bits per heavy atom. The third kappa shape index (κ3) is 2.66. The molecule has 0 aliphatic rings. The number of aliphatic hydroxyl groups is 1. The molecule has 0 saturated heterocycles. The van der Waals surface area contributed by atoms with Crippen LogP contribution in [-0.2, 0) is 16.8 Å². The maximum atomic E-state index is 11.6. The molecular weight excluding hydrogens is 244 g/mol. The second kappa shape index (κ2) is 5.67. The van der Waals surface area contributed by atoms with Gasteiger partial charge < -0.3 is 10.2 Å². The van der Waals surface area contributed by atoms with Gasteiger partial charge in [0.15, 0.2) is 0 Å². The number of carbonyl (C=O) groups is 1. The van der Waals surface area contributed by atoms with Crippen LogP contribution in [0.2, 0.25) is 0 Å². The third-order valence-electron chi connectivity index (χ3n) is 3.33. The number of aromatic nitrogens is 2. The molecule has 1 atom stereocenters. The first-order valence-electron chi connectivity index (χ1n) is 6.06. The van der Waals surface area contributed by atoms with E-state index in [1.165, 1.54) is 0 Å². The number of aliphatic hydroxyl groups excluding tert-OH is 1. The van der Waals surface area contributed by atoms with Gasteiger partial charge in [0, 0.05) is 18.9 Å². The molecule has 0 saturated carbocycles. The van der Waals surface area contributed by atoms with Crippen molar-refractivity contribution in [2.45, 2.75) is 18.4 Å². The molecule has 2 aromatic rings. The zero-order valence-electron chi connectivity index (χ0n) is 10.4. The second-order valence-electron chi connectivity index (χ2n) is 4.43. The van der Waals surface area contributed by atoms with Crippen molar-refractivity contribution in [2.75, 3.05) is 6.61 Å². The predicted octanol–water partition coefficient (Wildman–Crippen LogP) is 1.29. The highest BCUT2D eigenvalue weighted by Gasteiger charge is 2.39. The zero-order valence-corrected chi connectivity index (χ0v) is 10.4. The van der Waals surface area contributed by atoms with Crippen molar-refractivity contribution in [1.29, 1.82) is 0 Å². The van der Waals surface area contributed by atoms with Crippen LogP contribution in [0.5, 0.6) is 0 Å². The summed E-state index contributed by atoms with van der Waals surface area (Å²) in [5.74, 6) is -1.02. The Kier molecular flexibility index (Phi) is 3.97. The Labute approximate surface area is 111 Å². The molecule has 0 aliphatic carbocycles. The lowest BCUT2D eigenvalue weighted by molar-refractivity contribution is -0.146. The van der Waals surface area contributed by atoms with E-state index in [1.807, 2.05) is 6.07 Å². The predicted molar refractivity (Wildman–Crippen MR) is 69.7 cm³/mol. The number of hydrogen-bond donors (Lipinski definition) is 2. The number of carboxylic acids is 1. The lowest BCUT2D eigenvalue weighted by Gasteiger charge is -2.27. The minimum Gasteiger partial charge on any atom is -0.481 e. The largest absolute Gasteiger partial charge is 0.481 e. The minimum absolute atomic E-state index is 0.282. The molecule has 0 bridgehead atoms. The standard InChI is InChI=1S/C14H16N2O3/c17-11-14(13(18)19,12-5-2-1-3-6-12)7-10-16-9-4-8-15-16/h1-6,8-9,17H,7,10-11H2,(H,18,19). The van der Waals surface area contributed by atoms with Crippen LogP contribution in [-0.4, -0.2) is 32.6 Å². The summed E-state index contributed by atoms with van der Waals surface area (Å²) < 4.78 is 1.66. The topological polar surface area (TPSA) is 75.3 Å². The monoisotopic (exact) mass is 260 g/mol. The number of nitrogens with zero attached hydrogens (tertiary/aromatic N) is 2. The smallest absolute Gasteiger partial charge is 0.316 e. The normalized spacial score (nSPS) is 13.9. The molecule has 0 radical (unpaired) electrons. The summed E-state index contributed by atoms with van der Waals surface area (Å²) in [5.41, 5.74) is -0.676. The molecule has 5 heteroatoms. The van der Waals surface area contributed by atoms with Gasteiger partial charge in [-0.25, -0.2) is 0 Å². The fourth-order valence-corrected chi connectivity index (χ4v) is 2.11. The quantitative estimate of drug-likeness (QED) is 0.820. The van der Waals surface area contributed by atoms with Crippen LogP contribution < -0.4 is 0 Å². The second-order valence-corrected chi connectivity index (χ2v) is 4.43. The molecule has 19 heavy (non-hydrogen) atoms. The Hall–Kier alpha value is -2.14. The summed E-state index contributed by atoms with van der Waals surface area (Å²) in [5, 5.41) is 23.2. The summed E-state index contributed by atoms with van der Waals surface area (Å²) >= 11 is 0. The van der Waals surface area contributed by atoms with E-state index in [0.717, 1.165) is 0 Å². The van der Waals surface area contributed by atoms with Gasteiger partial charge in [0.2, 0.25) is 0 Å². The van der Waals surface area contributed by atoms with Crippen molar-refractivity contribution in [1.82, 2.24) is 9.78 Å². The molecule has 100 valence electrons.